The van der Waals surface area contributed by atoms with E-state index in [0.29, 0.717) is 41.6 Å². The fourth-order valence-electron chi connectivity index (χ4n) is 5.86. The number of nitrogens with zero attached hydrogens (tertiary/aromatic N) is 5. The van der Waals surface area contributed by atoms with Crippen LogP contribution in [0.1, 0.15) is 57.4 Å². The third-order valence-corrected chi connectivity index (χ3v) is 9.44. The van der Waals surface area contributed by atoms with Crippen molar-refractivity contribution in [3.05, 3.63) is 72.4 Å². The second-order valence-corrected chi connectivity index (χ2v) is 13.9. The van der Waals surface area contributed by atoms with Gasteiger partial charge in [0.05, 0.1) is 36.0 Å². The number of fused-ring (bicyclic) bond motifs is 1. The number of aryl methyl sites for hydroxylation is 2. The zero-order valence-electron chi connectivity index (χ0n) is 29.0. The summed E-state index contributed by atoms with van der Waals surface area (Å²) < 4.78 is 80.4. The van der Waals surface area contributed by atoms with E-state index in [-0.39, 0.29) is 29.8 Å². The molecule has 2 aromatic carbocycles. The molecule has 0 saturated carbocycles. The van der Waals surface area contributed by atoms with Gasteiger partial charge in [-0.25, -0.2) is 17.8 Å². The van der Waals surface area contributed by atoms with Gasteiger partial charge in [-0.1, -0.05) is 43.9 Å². The summed E-state index contributed by atoms with van der Waals surface area (Å²) >= 11 is 0. The highest BCUT2D eigenvalue weighted by atomic mass is 32.2. The number of aromatic nitrogens is 5. The number of carbonyl (C=O) groups excluding carboxylic acids is 1. The standard InChI is InChI=1S/C36H42F3N7O5S/c1-3-50-31(47)10-8-6-4-5-7-9-18-46-23-26(21-42-46)28-22-41-35(40)32-33(43-45(2)34(28)32)25-13-16-29(44-52(48,49)36(38)39)30(20-25)51-19-17-24-11-14-27(37)15-12-24/h11-16,20-23,36,44H,3-10,17-19H2,1-2H3,(H2,40,41). The number of rotatable bonds is 19. The van der Waals surface area contributed by atoms with Crippen molar-refractivity contribution in [3.63, 3.8) is 0 Å². The summed E-state index contributed by atoms with van der Waals surface area (Å²) in [5, 5.41) is 9.81. The van der Waals surface area contributed by atoms with Gasteiger partial charge in [0.15, 0.2) is 0 Å². The first kappa shape index (κ1) is 38.1. The molecule has 3 N–H and O–H groups in total. The molecule has 0 fully saturated rings. The largest absolute Gasteiger partial charge is 0.491 e. The third kappa shape index (κ3) is 9.60. The number of nitrogens with one attached hydrogen (secondary N) is 1. The molecule has 3 heterocycles. The number of pyridine rings is 1. The Bertz CT molecular complexity index is 2090. The maximum atomic E-state index is 13.4. The van der Waals surface area contributed by atoms with E-state index < -0.39 is 21.6 Å². The van der Waals surface area contributed by atoms with Crippen molar-refractivity contribution < 1.29 is 35.9 Å². The van der Waals surface area contributed by atoms with Gasteiger partial charge in [0, 0.05) is 55.5 Å². The Morgan fingerprint density at radius 3 is 2.46 bits per heavy atom. The topological polar surface area (TPSA) is 156 Å². The van der Waals surface area contributed by atoms with E-state index >= 15 is 0 Å². The van der Waals surface area contributed by atoms with Crippen LogP contribution in [0.15, 0.2) is 61.1 Å². The van der Waals surface area contributed by atoms with Crippen molar-refractivity contribution in [2.24, 2.45) is 7.05 Å². The van der Waals surface area contributed by atoms with E-state index in [1.807, 2.05) is 15.6 Å². The maximum absolute atomic E-state index is 13.4. The molecule has 0 amide bonds. The second-order valence-electron chi connectivity index (χ2n) is 12.3. The van der Waals surface area contributed by atoms with E-state index in [1.165, 1.54) is 30.3 Å². The van der Waals surface area contributed by atoms with Gasteiger partial charge in [-0.15, -0.1) is 0 Å². The zero-order valence-corrected chi connectivity index (χ0v) is 29.8. The molecule has 3 aromatic heterocycles. The molecule has 12 nitrogen and oxygen atoms in total. The van der Waals surface area contributed by atoms with Crippen molar-refractivity contribution in [3.8, 4) is 28.1 Å². The lowest BCUT2D eigenvalue weighted by Crippen LogP contribution is -2.21. The van der Waals surface area contributed by atoms with E-state index in [2.05, 4.69) is 10.1 Å². The van der Waals surface area contributed by atoms with Gasteiger partial charge >= 0.3 is 11.7 Å². The Hall–Kier alpha value is -5.12. The number of benzene rings is 2. The Labute approximate surface area is 300 Å². The molecule has 52 heavy (non-hydrogen) atoms. The van der Waals surface area contributed by atoms with Crippen LogP contribution in [0.5, 0.6) is 5.75 Å². The summed E-state index contributed by atoms with van der Waals surface area (Å²) in [5.41, 5.74) is 10.1. The van der Waals surface area contributed by atoms with Crippen LogP contribution in [0.2, 0.25) is 0 Å². The van der Waals surface area contributed by atoms with Crippen molar-refractivity contribution in [1.29, 1.82) is 0 Å². The number of alkyl halides is 2. The molecule has 0 bridgehead atoms. The SMILES string of the molecule is CCOC(=O)CCCCCCCCn1cc(-c2cnc(N)c3c(-c4ccc(NS(=O)(=O)C(F)F)c(OCCc5ccc(F)cc5)c4)nn(C)c23)cn1. The first-order valence-corrected chi connectivity index (χ1v) is 18.6. The van der Waals surface area contributed by atoms with Crippen LogP contribution in [0.25, 0.3) is 33.3 Å². The van der Waals surface area contributed by atoms with Crippen molar-refractivity contribution in [1.82, 2.24) is 24.5 Å². The molecule has 0 aliphatic rings. The maximum Gasteiger partial charge on any atom is 0.355 e. The van der Waals surface area contributed by atoms with Crippen molar-refractivity contribution in [2.75, 3.05) is 23.7 Å². The average Bonchev–Trinajstić information content (AvgIpc) is 3.73. The Kier molecular flexibility index (Phi) is 12.8. The molecule has 0 atom stereocenters. The summed E-state index contributed by atoms with van der Waals surface area (Å²) in [6.07, 6.45) is 12.1. The second kappa shape index (κ2) is 17.4. The lowest BCUT2D eigenvalue weighted by atomic mass is 10.0. The predicted molar refractivity (Wildman–Crippen MR) is 193 cm³/mol. The molecular weight excluding hydrogens is 700 g/mol. The first-order chi connectivity index (χ1) is 25.0. The smallest absolute Gasteiger partial charge is 0.355 e. The molecule has 0 saturated heterocycles. The molecule has 278 valence electrons. The van der Waals surface area contributed by atoms with Crippen molar-refractivity contribution in [2.45, 2.75) is 70.6 Å². The summed E-state index contributed by atoms with van der Waals surface area (Å²) in [4.78, 5) is 15.9. The molecule has 0 aliphatic heterocycles. The summed E-state index contributed by atoms with van der Waals surface area (Å²) in [5.74, 6) is -4.00. The normalized spacial score (nSPS) is 11.7. The summed E-state index contributed by atoms with van der Waals surface area (Å²) in [7, 11) is -3.24. The number of esters is 1. The number of hydrogen-bond acceptors (Lipinski definition) is 9. The number of unbranched alkanes of at least 4 members (excludes halogenated alkanes) is 5. The van der Waals surface area contributed by atoms with Crippen LogP contribution in [-0.2, 0) is 39.6 Å². The summed E-state index contributed by atoms with van der Waals surface area (Å²) in [6.45, 7) is 2.99. The minimum atomic E-state index is -5.00. The van der Waals surface area contributed by atoms with Crippen LogP contribution < -0.4 is 15.2 Å². The van der Waals surface area contributed by atoms with Crippen LogP contribution in [0, 0.1) is 5.82 Å². The third-order valence-electron chi connectivity index (χ3n) is 8.46. The molecule has 0 spiro atoms. The van der Waals surface area contributed by atoms with E-state index in [1.54, 1.807) is 43.2 Å². The first-order valence-electron chi connectivity index (χ1n) is 17.1. The number of nitrogen functional groups attached to an aromatic ring is 1. The van der Waals surface area contributed by atoms with Gasteiger partial charge in [-0.05, 0) is 49.6 Å². The number of hydrogen-bond donors (Lipinski definition) is 2. The average molecular weight is 742 g/mol. The fourth-order valence-corrected chi connectivity index (χ4v) is 6.42. The lowest BCUT2D eigenvalue weighted by molar-refractivity contribution is -0.143. The highest BCUT2D eigenvalue weighted by Crippen LogP contribution is 2.39. The minimum absolute atomic E-state index is 0.0109. The van der Waals surface area contributed by atoms with Gasteiger partial charge in [0.1, 0.15) is 23.1 Å². The molecule has 0 radical (unpaired) electrons. The number of halogens is 3. The van der Waals surface area contributed by atoms with Crippen LogP contribution in [-0.4, -0.2) is 57.9 Å². The number of sulfonamides is 1. The Morgan fingerprint density at radius 1 is 1.00 bits per heavy atom. The van der Waals surface area contributed by atoms with Gasteiger partial charge < -0.3 is 15.2 Å². The highest BCUT2D eigenvalue weighted by molar-refractivity contribution is 7.93. The lowest BCUT2D eigenvalue weighted by Gasteiger charge is -2.15. The number of ether oxygens (including phenoxy) is 2. The number of carbonyl (C=O) groups is 1. The van der Waals surface area contributed by atoms with Crippen LogP contribution >= 0.6 is 0 Å². The predicted octanol–water partition coefficient (Wildman–Crippen LogP) is 7.10. The molecule has 0 unspecified atom stereocenters. The number of anilines is 2. The van der Waals surface area contributed by atoms with Crippen LogP contribution in [0.4, 0.5) is 24.7 Å². The molecule has 5 rings (SSSR count). The zero-order chi connectivity index (χ0) is 37.3. The van der Waals surface area contributed by atoms with E-state index in [9.17, 15) is 26.4 Å². The Balaban J connectivity index is 1.33. The van der Waals surface area contributed by atoms with E-state index in [0.717, 1.165) is 61.8 Å². The minimum Gasteiger partial charge on any atom is -0.491 e. The summed E-state index contributed by atoms with van der Waals surface area (Å²) in [6, 6.07) is 10.2. The van der Waals surface area contributed by atoms with Gasteiger partial charge in [0.25, 0.3) is 10.0 Å². The molecular formula is C36H42F3N7O5S. The molecule has 0 aliphatic carbocycles. The Morgan fingerprint density at radius 2 is 1.73 bits per heavy atom. The molecule has 16 heteroatoms. The van der Waals surface area contributed by atoms with Gasteiger partial charge in [-0.3, -0.25) is 18.9 Å². The monoisotopic (exact) mass is 741 g/mol. The molecule has 5 aromatic rings. The van der Waals surface area contributed by atoms with Crippen LogP contribution in [0.3, 0.4) is 0 Å². The van der Waals surface area contributed by atoms with Gasteiger partial charge in [-0.2, -0.15) is 19.0 Å². The quantitative estimate of drug-likeness (QED) is 0.0666. The van der Waals surface area contributed by atoms with Crippen molar-refractivity contribution >= 4 is 38.4 Å². The number of nitrogens with two attached hydrogens (primary N) is 1. The highest BCUT2D eigenvalue weighted by Gasteiger charge is 2.26. The van der Waals surface area contributed by atoms with Gasteiger partial charge in [0.2, 0.25) is 0 Å². The fraction of sp³-hybridized carbons (Fsp3) is 0.389. The van der Waals surface area contributed by atoms with E-state index in [4.69, 9.17) is 20.3 Å².